The highest BCUT2D eigenvalue weighted by atomic mass is 32.2. The van der Waals surface area contributed by atoms with E-state index >= 15 is 0 Å². The Hall–Kier alpha value is -0.870. The number of hydrogen-bond acceptors (Lipinski definition) is 4. The second-order valence-corrected chi connectivity index (χ2v) is 7.11. The van der Waals surface area contributed by atoms with E-state index in [4.69, 9.17) is 4.74 Å². The molecule has 3 heterocycles. The van der Waals surface area contributed by atoms with Crippen LogP contribution in [0, 0.1) is 12.8 Å². The van der Waals surface area contributed by atoms with E-state index < -0.39 is 0 Å². The number of aryl methyl sites for hydroxylation is 1. The molecule has 2 aliphatic rings. The number of aromatic nitrogens is 1. The van der Waals surface area contributed by atoms with Gasteiger partial charge in [-0.15, -0.1) is 0 Å². The molecule has 0 aromatic carbocycles. The van der Waals surface area contributed by atoms with Crippen LogP contribution in [0.2, 0.25) is 0 Å². The summed E-state index contributed by atoms with van der Waals surface area (Å²) < 4.78 is 6.06. The lowest BCUT2D eigenvalue weighted by Crippen LogP contribution is -2.44. The van der Waals surface area contributed by atoms with Crippen LogP contribution in [0.5, 0.6) is 0 Å². The Morgan fingerprint density at radius 3 is 2.90 bits per heavy atom. The number of carbonyl (C=O) groups excluding carboxylic acids is 1. The van der Waals surface area contributed by atoms with Gasteiger partial charge < -0.3 is 4.74 Å². The van der Waals surface area contributed by atoms with E-state index in [1.54, 1.807) is 6.20 Å². The quantitative estimate of drug-likeness (QED) is 0.784. The number of ketones is 1. The molecule has 0 radical (unpaired) electrons. The first-order valence-electron chi connectivity index (χ1n) is 7.37. The topological polar surface area (TPSA) is 39.2 Å². The van der Waals surface area contributed by atoms with Crippen molar-refractivity contribution in [3.8, 4) is 0 Å². The van der Waals surface area contributed by atoms with E-state index in [9.17, 15) is 4.79 Å². The van der Waals surface area contributed by atoms with Crippen molar-refractivity contribution in [2.24, 2.45) is 5.92 Å². The zero-order chi connectivity index (χ0) is 14.0. The Bertz CT molecular complexity index is 474. The van der Waals surface area contributed by atoms with Gasteiger partial charge in [-0.2, -0.15) is 11.8 Å². The van der Waals surface area contributed by atoms with Crippen molar-refractivity contribution < 1.29 is 9.53 Å². The Balaban J connectivity index is 1.73. The van der Waals surface area contributed by atoms with Gasteiger partial charge in [-0.1, -0.05) is 0 Å². The lowest BCUT2D eigenvalue weighted by molar-refractivity contribution is -0.0959. The van der Waals surface area contributed by atoms with E-state index in [-0.39, 0.29) is 17.3 Å². The number of hydrogen-bond donors (Lipinski definition) is 0. The molecule has 20 heavy (non-hydrogen) atoms. The zero-order valence-electron chi connectivity index (χ0n) is 11.9. The number of rotatable bonds is 2. The molecule has 2 aliphatic heterocycles. The van der Waals surface area contributed by atoms with Crippen LogP contribution in [0.3, 0.4) is 0 Å². The first-order chi connectivity index (χ1) is 9.69. The third-order valence-electron chi connectivity index (χ3n) is 4.46. The molecule has 1 aromatic heterocycles. The minimum absolute atomic E-state index is 0.0258. The van der Waals surface area contributed by atoms with Crippen molar-refractivity contribution in [3.63, 3.8) is 0 Å². The van der Waals surface area contributed by atoms with Crippen molar-refractivity contribution in [1.82, 2.24) is 4.98 Å². The molecule has 108 valence electrons. The number of ether oxygens (including phenoxy) is 1. The summed E-state index contributed by atoms with van der Waals surface area (Å²) in [5.41, 5.74) is 1.68. The van der Waals surface area contributed by atoms with Crippen LogP contribution >= 0.6 is 11.8 Å². The SMILES string of the molecule is Cc1ccc(C(=O)C2CCOC3(CCSCC3)C2)cn1. The van der Waals surface area contributed by atoms with Gasteiger partial charge in [0, 0.05) is 30.0 Å². The van der Waals surface area contributed by atoms with Crippen molar-refractivity contribution in [3.05, 3.63) is 29.6 Å². The minimum Gasteiger partial charge on any atom is -0.375 e. The average Bonchev–Trinajstić information content (AvgIpc) is 2.48. The lowest BCUT2D eigenvalue weighted by Gasteiger charge is -2.42. The molecular formula is C16H21NO2S. The van der Waals surface area contributed by atoms with E-state index in [0.717, 1.165) is 55.1 Å². The second-order valence-electron chi connectivity index (χ2n) is 5.89. The zero-order valence-corrected chi connectivity index (χ0v) is 12.7. The molecule has 3 nitrogen and oxygen atoms in total. The average molecular weight is 291 g/mol. The summed E-state index contributed by atoms with van der Waals surface area (Å²) in [6.07, 6.45) is 5.64. The summed E-state index contributed by atoms with van der Waals surface area (Å²) in [7, 11) is 0. The number of carbonyl (C=O) groups is 1. The predicted molar refractivity (Wildman–Crippen MR) is 81.3 cm³/mol. The number of pyridine rings is 1. The normalized spacial score (nSPS) is 25.6. The third kappa shape index (κ3) is 2.91. The van der Waals surface area contributed by atoms with Crippen LogP contribution in [0.15, 0.2) is 18.3 Å². The summed E-state index contributed by atoms with van der Waals surface area (Å²) in [4.78, 5) is 16.9. The van der Waals surface area contributed by atoms with Gasteiger partial charge >= 0.3 is 0 Å². The van der Waals surface area contributed by atoms with Crippen LogP contribution in [0.1, 0.15) is 41.7 Å². The van der Waals surface area contributed by atoms with Gasteiger partial charge in [-0.3, -0.25) is 9.78 Å². The first-order valence-corrected chi connectivity index (χ1v) is 8.53. The molecule has 0 saturated carbocycles. The van der Waals surface area contributed by atoms with Crippen molar-refractivity contribution in [2.45, 2.75) is 38.2 Å². The highest BCUT2D eigenvalue weighted by Gasteiger charge is 2.41. The van der Waals surface area contributed by atoms with Crippen molar-refractivity contribution >= 4 is 17.5 Å². The molecular weight excluding hydrogens is 270 g/mol. The Morgan fingerprint density at radius 2 is 2.20 bits per heavy atom. The maximum Gasteiger partial charge on any atom is 0.167 e. The summed E-state index contributed by atoms with van der Waals surface area (Å²) in [5.74, 6) is 2.68. The number of nitrogens with zero attached hydrogens (tertiary/aromatic N) is 1. The monoisotopic (exact) mass is 291 g/mol. The number of Topliss-reactive ketones (excluding diaryl/α,β-unsaturated/α-hetero) is 1. The maximum atomic E-state index is 12.6. The molecule has 1 unspecified atom stereocenters. The van der Waals surface area contributed by atoms with Gasteiger partial charge in [0.05, 0.1) is 5.60 Å². The van der Waals surface area contributed by atoms with Gasteiger partial charge in [-0.05, 0) is 56.2 Å². The highest BCUT2D eigenvalue weighted by molar-refractivity contribution is 7.99. The summed E-state index contributed by atoms with van der Waals surface area (Å²) >= 11 is 2.00. The predicted octanol–water partition coefficient (Wildman–Crippen LogP) is 3.27. The standard InChI is InChI=1S/C16H21NO2S/c1-12-2-3-14(11-17-12)15(18)13-4-7-19-16(10-13)5-8-20-9-6-16/h2-3,11,13H,4-10H2,1H3. The largest absolute Gasteiger partial charge is 0.375 e. The van der Waals surface area contributed by atoms with Gasteiger partial charge in [0.1, 0.15) is 0 Å². The molecule has 0 aliphatic carbocycles. The summed E-state index contributed by atoms with van der Waals surface area (Å²) in [6.45, 7) is 2.66. The fourth-order valence-corrected chi connectivity index (χ4v) is 4.43. The molecule has 1 atom stereocenters. The van der Waals surface area contributed by atoms with E-state index in [1.165, 1.54) is 0 Å². The second kappa shape index (κ2) is 5.86. The van der Waals surface area contributed by atoms with Crippen molar-refractivity contribution in [2.75, 3.05) is 18.1 Å². The molecule has 3 rings (SSSR count). The molecule has 2 saturated heterocycles. The van der Waals surface area contributed by atoms with E-state index in [0.29, 0.717) is 0 Å². The summed E-state index contributed by atoms with van der Waals surface area (Å²) in [6, 6.07) is 3.82. The lowest BCUT2D eigenvalue weighted by atomic mass is 9.79. The molecule has 1 spiro atoms. The van der Waals surface area contributed by atoms with Crippen LogP contribution < -0.4 is 0 Å². The van der Waals surface area contributed by atoms with Gasteiger partial charge in [0.2, 0.25) is 0 Å². The third-order valence-corrected chi connectivity index (χ3v) is 5.45. The molecule has 0 N–H and O–H groups in total. The van der Waals surface area contributed by atoms with Gasteiger partial charge in [0.25, 0.3) is 0 Å². The first kappa shape index (κ1) is 14.1. The van der Waals surface area contributed by atoms with E-state index in [1.807, 2.05) is 30.8 Å². The fraction of sp³-hybridized carbons (Fsp3) is 0.625. The molecule has 2 fully saturated rings. The Morgan fingerprint density at radius 1 is 1.40 bits per heavy atom. The highest BCUT2D eigenvalue weighted by Crippen LogP contribution is 2.40. The number of thioether (sulfide) groups is 1. The molecule has 0 bridgehead atoms. The van der Waals surface area contributed by atoms with Crippen molar-refractivity contribution in [1.29, 1.82) is 0 Å². The van der Waals surface area contributed by atoms with Crippen LogP contribution in [-0.2, 0) is 4.74 Å². The molecule has 4 heteroatoms. The molecule has 1 aromatic rings. The fourth-order valence-electron chi connectivity index (χ4n) is 3.19. The Kier molecular flexibility index (Phi) is 4.13. The van der Waals surface area contributed by atoms with Crippen LogP contribution in [-0.4, -0.2) is 34.5 Å². The van der Waals surface area contributed by atoms with E-state index in [2.05, 4.69) is 4.98 Å². The summed E-state index contributed by atoms with van der Waals surface area (Å²) in [5, 5.41) is 0. The minimum atomic E-state index is -0.0258. The van der Waals surface area contributed by atoms with Gasteiger partial charge in [-0.25, -0.2) is 0 Å². The van der Waals surface area contributed by atoms with Gasteiger partial charge in [0.15, 0.2) is 5.78 Å². The van der Waals surface area contributed by atoms with Crippen LogP contribution in [0.25, 0.3) is 0 Å². The Labute approximate surface area is 124 Å². The van der Waals surface area contributed by atoms with Crippen LogP contribution in [0.4, 0.5) is 0 Å². The smallest absolute Gasteiger partial charge is 0.167 e. The molecule has 0 amide bonds. The maximum absolute atomic E-state index is 12.6.